The Morgan fingerprint density at radius 2 is 1.76 bits per heavy atom. The van der Waals surface area contributed by atoms with Crippen molar-refractivity contribution < 1.29 is 19.3 Å². The van der Waals surface area contributed by atoms with E-state index in [1.165, 1.54) is 0 Å². The van der Waals surface area contributed by atoms with Crippen LogP contribution in [0.3, 0.4) is 0 Å². The van der Waals surface area contributed by atoms with E-state index in [2.05, 4.69) is 58.2 Å². The summed E-state index contributed by atoms with van der Waals surface area (Å²) in [5, 5.41) is 0.936. The van der Waals surface area contributed by atoms with Crippen LogP contribution in [0.2, 0.25) is 0 Å². The Hall–Kier alpha value is -0.640. The first-order chi connectivity index (χ1) is 8.00. The highest BCUT2D eigenvalue weighted by atomic mass is 79.9. The van der Waals surface area contributed by atoms with E-state index < -0.39 is 11.9 Å². The lowest BCUT2D eigenvalue weighted by Crippen LogP contribution is -2.49. The van der Waals surface area contributed by atoms with Crippen LogP contribution in [-0.4, -0.2) is 11.9 Å². The van der Waals surface area contributed by atoms with Crippen molar-refractivity contribution in [2.45, 2.75) is 0 Å². The van der Waals surface area contributed by atoms with Gasteiger partial charge in [0.2, 0.25) is 0 Å². The van der Waals surface area contributed by atoms with Gasteiger partial charge in [0.1, 0.15) is 5.69 Å². The largest absolute Gasteiger partial charge is 0.444 e. The van der Waals surface area contributed by atoms with Crippen LogP contribution in [0.25, 0.3) is 0 Å². The lowest BCUT2D eigenvalue weighted by Gasteiger charge is -2.26. The molecule has 0 atom stereocenters. The zero-order valence-electron chi connectivity index (χ0n) is 7.87. The Morgan fingerprint density at radius 3 is 2.41 bits per heavy atom. The summed E-state index contributed by atoms with van der Waals surface area (Å²) in [6, 6.07) is 3.38. The highest BCUT2D eigenvalue weighted by molar-refractivity contribution is 9.14. The summed E-state index contributed by atoms with van der Waals surface area (Å²) in [4.78, 5) is 30.9. The summed E-state index contributed by atoms with van der Waals surface area (Å²) >= 11 is 9.96. The van der Waals surface area contributed by atoms with E-state index in [4.69, 9.17) is 4.84 Å². The van der Waals surface area contributed by atoms with Crippen molar-refractivity contribution in [3.63, 3.8) is 0 Å². The molecular weight excluding hydrogens is 428 g/mol. The summed E-state index contributed by atoms with van der Waals surface area (Å²) in [6.07, 6.45) is 0. The number of carbonyl (C=O) groups excluding carboxylic acids is 2. The molecule has 1 N–H and O–H groups in total. The molecule has 0 aliphatic carbocycles. The van der Waals surface area contributed by atoms with Crippen molar-refractivity contribution >= 4 is 65.4 Å². The minimum Gasteiger partial charge on any atom is -0.338 e. The van der Waals surface area contributed by atoms with Crippen LogP contribution < -0.4 is 10.8 Å². The number of hydrogen-bond donors (Lipinski definition) is 1. The lowest BCUT2D eigenvalue weighted by atomic mass is 10.3. The summed E-state index contributed by atoms with van der Waals surface area (Å²) in [6.45, 7) is 0. The standard InChI is InChI=1S/C8H3Br3N2O4/c9-3-1-2-4(6(11)5(3)10)13-12-16-7(14)8(15)17-13/h1-2,12H. The molecule has 9 heteroatoms. The molecule has 1 heterocycles. The molecule has 1 aliphatic heterocycles. The predicted molar refractivity (Wildman–Crippen MR) is 67.3 cm³/mol. The van der Waals surface area contributed by atoms with E-state index in [1.54, 1.807) is 12.1 Å². The molecule has 0 radical (unpaired) electrons. The van der Waals surface area contributed by atoms with E-state index in [-0.39, 0.29) is 0 Å². The monoisotopic (exact) mass is 428 g/mol. The third-order valence-corrected chi connectivity index (χ3v) is 5.15. The Balaban J connectivity index is 2.32. The normalized spacial score (nSPS) is 15.6. The molecule has 0 aromatic heterocycles. The van der Waals surface area contributed by atoms with E-state index >= 15 is 0 Å². The maximum Gasteiger partial charge on any atom is 0.444 e. The zero-order valence-corrected chi connectivity index (χ0v) is 12.6. The van der Waals surface area contributed by atoms with Crippen molar-refractivity contribution in [1.29, 1.82) is 0 Å². The first kappa shape index (κ1) is 12.8. The number of anilines is 1. The summed E-state index contributed by atoms with van der Waals surface area (Å²) in [7, 11) is 0. The predicted octanol–water partition coefficient (Wildman–Crippen LogP) is 2.22. The van der Waals surface area contributed by atoms with Crippen molar-refractivity contribution in [2.24, 2.45) is 0 Å². The number of carbonyl (C=O) groups is 2. The van der Waals surface area contributed by atoms with Gasteiger partial charge in [-0.15, -0.1) is 0 Å². The molecule has 2 rings (SSSR count). The van der Waals surface area contributed by atoms with Crippen LogP contribution in [0.15, 0.2) is 25.6 Å². The van der Waals surface area contributed by atoms with E-state index in [1.807, 2.05) is 0 Å². The number of benzene rings is 1. The minimum absolute atomic E-state index is 0.459. The van der Waals surface area contributed by atoms with Crippen LogP contribution in [0.1, 0.15) is 0 Å². The Kier molecular flexibility index (Phi) is 3.71. The number of rotatable bonds is 1. The molecule has 0 saturated carbocycles. The molecule has 6 nitrogen and oxygen atoms in total. The second-order valence-corrected chi connectivity index (χ2v) is 5.29. The Bertz CT molecular complexity index is 508. The SMILES string of the molecule is O=C1ONN(c2ccc(Br)c(Br)c2Br)OC1=O. The maximum atomic E-state index is 11.0. The van der Waals surface area contributed by atoms with Crippen LogP contribution in [-0.2, 0) is 19.3 Å². The number of halogens is 3. The maximum absolute atomic E-state index is 11.0. The number of hydrazine groups is 1. The van der Waals surface area contributed by atoms with Gasteiger partial charge in [0.25, 0.3) is 0 Å². The van der Waals surface area contributed by atoms with E-state index in [9.17, 15) is 9.59 Å². The quantitative estimate of drug-likeness (QED) is 0.544. The van der Waals surface area contributed by atoms with Gasteiger partial charge >= 0.3 is 11.9 Å². The molecule has 1 aromatic rings. The highest BCUT2D eigenvalue weighted by Gasteiger charge is 2.30. The Labute approximate surface area is 120 Å². The first-order valence-corrected chi connectivity index (χ1v) is 6.51. The summed E-state index contributed by atoms with van der Waals surface area (Å²) < 4.78 is 2.16. The highest BCUT2D eigenvalue weighted by Crippen LogP contribution is 2.38. The zero-order chi connectivity index (χ0) is 12.6. The third kappa shape index (κ3) is 2.46. The average Bonchev–Trinajstić information content (AvgIpc) is 2.30. The smallest absolute Gasteiger partial charge is 0.338 e. The van der Waals surface area contributed by atoms with Crippen molar-refractivity contribution in [3.8, 4) is 0 Å². The fourth-order valence-electron chi connectivity index (χ4n) is 1.03. The lowest BCUT2D eigenvalue weighted by molar-refractivity contribution is -0.192. The van der Waals surface area contributed by atoms with Gasteiger partial charge in [-0.05, 0) is 65.5 Å². The second-order valence-electron chi connectivity index (χ2n) is 2.85. The fourth-order valence-corrected chi connectivity index (χ4v) is 2.47. The van der Waals surface area contributed by atoms with Crippen LogP contribution in [0, 0.1) is 0 Å². The van der Waals surface area contributed by atoms with Gasteiger partial charge in [0.05, 0.1) is 4.47 Å². The molecule has 1 aliphatic rings. The van der Waals surface area contributed by atoms with Crippen LogP contribution >= 0.6 is 47.8 Å². The average molecular weight is 431 g/mol. The number of nitrogens with zero attached hydrogens (tertiary/aromatic N) is 1. The van der Waals surface area contributed by atoms with Gasteiger partial charge in [-0.3, -0.25) is 0 Å². The second kappa shape index (κ2) is 4.92. The van der Waals surface area contributed by atoms with Crippen LogP contribution in [0.4, 0.5) is 5.69 Å². The van der Waals surface area contributed by atoms with Crippen molar-refractivity contribution in [1.82, 2.24) is 5.59 Å². The van der Waals surface area contributed by atoms with Gasteiger partial charge in [-0.1, -0.05) is 5.17 Å². The molecule has 1 saturated heterocycles. The molecule has 90 valence electrons. The minimum atomic E-state index is -1.10. The first-order valence-electron chi connectivity index (χ1n) is 4.13. The van der Waals surface area contributed by atoms with Gasteiger partial charge in [0, 0.05) is 8.95 Å². The summed E-state index contributed by atoms with van der Waals surface area (Å²) in [5.74, 6) is -2.21. The van der Waals surface area contributed by atoms with Gasteiger partial charge in [-0.25, -0.2) is 9.59 Å². The van der Waals surface area contributed by atoms with E-state index in [0.717, 1.165) is 14.1 Å². The summed E-state index contributed by atoms with van der Waals surface area (Å²) in [5.41, 5.74) is 2.64. The number of nitrogens with one attached hydrogen (secondary N) is 1. The third-order valence-electron chi connectivity index (χ3n) is 1.80. The van der Waals surface area contributed by atoms with E-state index in [0.29, 0.717) is 10.2 Å². The molecule has 0 unspecified atom stereocenters. The Morgan fingerprint density at radius 1 is 1.06 bits per heavy atom. The van der Waals surface area contributed by atoms with Gasteiger partial charge in [0.15, 0.2) is 0 Å². The molecule has 1 aromatic carbocycles. The topological polar surface area (TPSA) is 67.9 Å². The van der Waals surface area contributed by atoms with Crippen LogP contribution in [0.5, 0.6) is 0 Å². The molecule has 0 spiro atoms. The molecule has 0 bridgehead atoms. The van der Waals surface area contributed by atoms with Gasteiger partial charge < -0.3 is 9.68 Å². The molecule has 17 heavy (non-hydrogen) atoms. The van der Waals surface area contributed by atoms with Gasteiger partial charge in [-0.2, -0.15) is 0 Å². The van der Waals surface area contributed by atoms with Crippen molar-refractivity contribution in [2.75, 3.05) is 5.17 Å². The molecule has 0 amide bonds. The molecular formula is C8H3Br3N2O4. The van der Waals surface area contributed by atoms with Crippen molar-refractivity contribution in [3.05, 3.63) is 25.6 Å². The molecule has 1 fully saturated rings. The number of hydrogen-bond acceptors (Lipinski definition) is 6. The fraction of sp³-hybridized carbons (Fsp3) is 0.